The molecule has 88 valence electrons. The van der Waals surface area contributed by atoms with Crippen LogP contribution in [-0.2, 0) is 6.42 Å². The van der Waals surface area contributed by atoms with Crippen molar-refractivity contribution in [1.29, 1.82) is 0 Å². The lowest BCUT2D eigenvalue weighted by Gasteiger charge is -2.11. The van der Waals surface area contributed by atoms with Gasteiger partial charge in [-0.1, -0.05) is 6.07 Å². The summed E-state index contributed by atoms with van der Waals surface area (Å²) in [6.07, 6.45) is 3.21. The number of rotatable bonds is 6. The minimum atomic E-state index is 0.161. The highest BCUT2D eigenvalue weighted by atomic mass is 16.5. The lowest BCUT2D eigenvalue weighted by molar-refractivity contribution is 0.278. The molecule has 0 atom stereocenters. The molecule has 16 heavy (non-hydrogen) atoms. The second kappa shape index (κ2) is 5.21. The van der Waals surface area contributed by atoms with E-state index in [1.165, 1.54) is 12.8 Å². The summed E-state index contributed by atoms with van der Waals surface area (Å²) in [5, 5.41) is 8.89. The maximum Gasteiger partial charge on any atom is 0.161 e. The van der Waals surface area contributed by atoms with Crippen LogP contribution < -0.4 is 9.47 Å². The van der Waals surface area contributed by atoms with Crippen LogP contribution in [0.2, 0.25) is 0 Å². The molecule has 0 spiro atoms. The summed E-state index contributed by atoms with van der Waals surface area (Å²) in [6, 6.07) is 5.81. The van der Waals surface area contributed by atoms with Crippen LogP contribution in [0.1, 0.15) is 18.4 Å². The Labute approximate surface area is 96.0 Å². The molecule has 1 saturated carbocycles. The summed E-state index contributed by atoms with van der Waals surface area (Å²) in [7, 11) is 1.64. The first-order valence-electron chi connectivity index (χ1n) is 5.74. The number of methoxy groups -OCH3 is 1. The third kappa shape index (κ3) is 2.89. The molecule has 3 heteroatoms. The van der Waals surface area contributed by atoms with Gasteiger partial charge in [0.15, 0.2) is 11.5 Å². The van der Waals surface area contributed by atoms with Crippen LogP contribution in [0.5, 0.6) is 11.5 Å². The molecule has 2 rings (SSSR count). The lowest BCUT2D eigenvalue weighted by Crippen LogP contribution is -2.02. The van der Waals surface area contributed by atoms with Gasteiger partial charge in [-0.15, -0.1) is 0 Å². The zero-order valence-electron chi connectivity index (χ0n) is 9.61. The summed E-state index contributed by atoms with van der Waals surface area (Å²) in [5.41, 5.74) is 1.08. The van der Waals surface area contributed by atoms with Gasteiger partial charge in [0.2, 0.25) is 0 Å². The number of aliphatic hydroxyl groups excluding tert-OH is 1. The predicted octanol–water partition coefficient (Wildman–Crippen LogP) is 2.02. The van der Waals surface area contributed by atoms with E-state index in [2.05, 4.69) is 0 Å². The fourth-order valence-electron chi connectivity index (χ4n) is 1.61. The Morgan fingerprint density at radius 2 is 2.12 bits per heavy atom. The van der Waals surface area contributed by atoms with E-state index in [9.17, 15) is 0 Å². The van der Waals surface area contributed by atoms with Gasteiger partial charge in [-0.25, -0.2) is 0 Å². The zero-order valence-corrected chi connectivity index (χ0v) is 9.61. The van der Waals surface area contributed by atoms with Gasteiger partial charge in [0.1, 0.15) is 0 Å². The standard InChI is InChI=1S/C13H18O3/c1-15-12-5-4-10(6-7-14)8-13(12)16-9-11-2-3-11/h4-5,8,11,14H,2-3,6-7,9H2,1H3. The number of benzene rings is 1. The van der Waals surface area contributed by atoms with Crippen molar-refractivity contribution in [2.45, 2.75) is 19.3 Å². The quantitative estimate of drug-likeness (QED) is 0.800. The summed E-state index contributed by atoms with van der Waals surface area (Å²) in [5.74, 6) is 2.29. The Kier molecular flexibility index (Phi) is 3.67. The van der Waals surface area contributed by atoms with E-state index in [1.54, 1.807) is 7.11 Å². The van der Waals surface area contributed by atoms with E-state index in [4.69, 9.17) is 14.6 Å². The first-order chi connectivity index (χ1) is 7.83. The molecule has 1 aromatic carbocycles. The molecule has 0 bridgehead atoms. The van der Waals surface area contributed by atoms with Crippen LogP contribution in [0.25, 0.3) is 0 Å². The van der Waals surface area contributed by atoms with Gasteiger partial charge in [0, 0.05) is 6.61 Å². The molecule has 1 aromatic rings. The molecule has 0 unspecified atom stereocenters. The molecular formula is C13H18O3. The maximum absolute atomic E-state index is 8.89. The Morgan fingerprint density at radius 3 is 2.75 bits per heavy atom. The summed E-state index contributed by atoms with van der Waals surface area (Å²) in [6.45, 7) is 0.938. The van der Waals surface area contributed by atoms with E-state index >= 15 is 0 Å². The van der Waals surface area contributed by atoms with Gasteiger partial charge < -0.3 is 14.6 Å². The molecule has 0 saturated heterocycles. The van der Waals surface area contributed by atoms with Crippen LogP contribution in [0.3, 0.4) is 0 Å². The van der Waals surface area contributed by atoms with E-state index in [1.807, 2.05) is 18.2 Å². The lowest BCUT2D eigenvalue weighted by atomic mass is 10.1. The topological polar surface area (TPSA) is 38.7 Å². The molecule has 1 aliphatic carbocycles. The van der Waals surface area contributed by atoms with Crippen LogP contribution in [-0.4, -0.2) is 25.4 Å². The number of aliphatic hydroxyl groups is 1. The van der Waals surface area contributed by atoms with Crippen molar-refractivity contribution in [3.05, 3.63) is 23.8 Å². The fourth-order valence-corrected chi connectivity index (χ4v) is 1.61. The molecule has 3 nitrogen and oxygen atoms in total. The van der Waals surface area contributed by atoms with E-state index < -0.39 is 0 Å². The molecule has 0 aromatic heterocycles. The molecule has 0 aliphatic heterocycles. The van der Waals surface area contributed by atoms with Crippen LogP contribution in [0.4, 0.5) is 0 Å². The summed E-state index contributed by atoms with van der Waals surface area (Å²) in [4.78, 5) is 0. The van der Waals surface area contributed by atoms with Crippen molar-refractivity contribution in [2.24, 2.45) is 5.92 Å². The van der Waals surface area contributed by atoms with Crippen LogP contribution in [0, 0.1) is 5.92 Å². The second-order valence-electron chi connectivity index (χ2n) is 4.21. The molecule has 0 radical (unpaired) electrons. The average Bonchev–Trinajstić information content (AvgIpc) is 3.11. The number of ether oxygens (including phenoxy) is 2. The van der Waals surface area contributed by atoms with Gasteiger partial charge in [0.25, 0.3) is 0 Å². The first-order valence-corrected chi connectivity index (χ1v) is 5.74. The van der Waals surface area contributed by atoms with Gasteiger partial charge in [-0.3, -0.25) is 0 Å². The van der Waals surface area contributed by atoms with Crippen molar-refractivity contribution in [3.63, 3.8) is 0 Å². The van der Waals surface area contributed by atoms with E-state index in [0.717, 1.165) is 29.6 Å². The Bertz CT molecular complexity index is 345. The molecule has 1 fully saturated rings. The van der Waals surface area contributed by atoms with Crippen molar-refractivity contribution in [3.8, 4) is 11.5 Å². The zero-order chi connectivity index (χ0) is 11.4. The highest BCUT2D eigenvalue weighted by Crippen LogP contribution is 2.33. The van der Waals surface area contributed by atoms with Gasteiger partial charge in [-0.2, -0.15) is 0 Å². The van der Waals surface area contributed by atoms with Crippen molar-refractivity contribution in [1.82, 2.24) is 0 Å². The second-order valence-corrected chi connectivity index (χ2v) is 4.21. The Balaban J connectivity index is 2.06. The van der Waals surface area contributed by atoms with Crippen molar-refractivity contribution < 1.29 is 14.6 Å². The fraction of sp³-hybridized carbons (Fsp3) is 0.538. The minimum absolute atomic E-state index is 0.161. The summed E-state index contributed by atoms with van der Waals surface area (Å²) >= 11 is 0. The third-order valence-electron chi connectivity index (χ3n) is 2.80. The van der Waals surface area contributed by atoms with Crippen LogP contribution in [0.15, 0.2) is 18.2 Å². The first kappa shape index (κ1) is 11.3. The van der Waals surface area contributed by atoms with E-state index in [0.29, 0.717) is 6.42 Å². The SMILES string of the molecule is COc1ccc(CCO)cc1OCC1CC1. The predicted molar refractivity (Wildman–Crippen MR) is 62.0 cm³/mol. The molecule has 0 amide bonds. The monoisotopic (exact) mass is 222 g/mol. The van der Waals surface area contributed by atoms with Crippen LogP contribution >= 0.6 is 0 Å². The normalized spacial score (nSPS) is 14.9. The Morgan fingerprint density at radius 1 is 1.31 bits per heavy atom. The third-order valence-corrected chi connectivity index (χ3v) is 2.80. The van der Waals surface area contributed by atoms with Gasteiger partial charge >= 0.3 is 0 Å². The largest absolute Gasteiger partial charge is 0.493 e. The number of hydrogen-bond donors (Lipinski definition) is 1. The van der Waals surface area contributed by atoms with Gasteiger partial charge in [0.05, 0.1) is 13.7 Å². The number of hydrogen-bond acceptors (Lipinski definition) is 3. The highest BCUT2D eigenvalue weighted by molar-refractivity contribution is 5.43. The molecule has 1 N–H and O–H groups in total. The van der Waals surface area contributed by atoms with E-state index in [-0.39, 0.29) is 6.61 Å². The van der Waals surface area contributed by atoms with Crippen molar-refractivity contribution >= 4 is 0 Å². The average molecular weight is 222 g/mol. The Hall–Kier alpha value is -1.22. The molecule has 0 heterocycles. The molecular weight excluding hydrogens is 204 g/mol. The van der Waals surface area contributed by atoms with Gasteiger partial charge in [-0.05, 0) is 42.9 Å². The molecule has 1 aliphatic rings. The van der Waals surface area contributed by atoms with Crippen molar-refractivity contribution in [2.75, 3.05) is 20.3 Å². The summed E-state index contributed by atoms with van der Waals surface area (Å²) < 4.78 is 11.0. The highest BCUT2D eigenvalue weighted by Gasteiger charge is 2.22. The smallest absolute Gasteiger partial charge is 0.161 e. The minimum Gasteiger partial charge on any atom is -0.493 e. The maximum atomic E-state index is 8.89.